The van der Waals surface area contributed by atoms with E-state index in [9.17, 15) is 4.39 Å². The molecule has 2 rings (SSSR count). The van der Waals surface area contributed by atoms with Gasteiger partial charge in [-0.05, 0) is 38.9 Å². The molecule has 0 aliphatic carbocycles. The van der Waals surface area contributed by atoms with Gasteiger partial charge in [0.05, 0.1) is 5.69 Å². The zero-order valence-corrected chi connectivity index (χ0v) is 13.3. The summed E-state index contributed by atoms with van der Waals surface area (Å²) in [6, 6.07) is 7.65. The molecular formula is C17H24FN3. The SMILES string of the molecule is CCNC(Cc1cc(C)nn1CC)c1cccc(C)c1F. The van der Waals surface area contributed by atoms with E-state index >= 15 is 0 Å². The molecular weight excluding hydrogens is 265 g/mol. The molecule has 0 saturated heterocycles. The highest BCUT2D eigenvalue weighted by Crippen LogP contribution is 2.23. The zero-order chi connectivity index (χ0) is 15.4. The second-order valence-electron chi connectivity index (χ2n) is 5.39. The zero-order valence-electron chi connectivity index (χ0n) is 13.3. The van der Waals surface area contributed by atoms with Crippen LogP contribution < -0.4 is 5.32 Å². The van der Waals surface area contributed by atoms with E-state index in [1.54, 1.807) is 0 Å². The Bertz CT molecular complexity index is 604. The number of hydrogen-bond acceptors (Lipinski definition) is 2. The predicted octanol–water partition coefficient (Wildman–Crippen LogP) is 3.55. The van der Waals surface area contributed by atoms with Gasteiger partial charge in [0, 0.05) is 30.3 Å². The molecule has 1 aromatic heterocycles. The molecule has 4 heteroatoms. The molecule has 0 aliphatic heterocycles. The molecule has 1 unspecified atom stereocenters. The van der Waals surface area contributed by atoms with Crippen molar-refractivity contribution in [2.75, 3.05) is 6.54 Å². The van der Waals surface area contributed by atoms with Gasteiger partial charge in [0.15, 0.2) is 0 Å². The Morgan fingerprint density at radius 1 is 1.29 bits per heavy atom. The van der Waals surface area contributed by atoms with Gasteiger partial charge in [-0.25, -0.2) is 4.39 Å². The lowest BCUT2D eigenvalue weighted by molar-refractivity contribution is 0.488. The molecule has 0 spiro atoms. The number of aromatic nitrogens is 2. The highest BCUT2D eigenvalue weighted by molar-refractivity contribution is 5.29. The molecule has 21 heavy (non-hydrogen) atoms. The van der Waals surface area contributed by atoms with Crippen LogP contribution in [0, 0.1) is 19.7 Å². The molecule has 0 fully saturated rings. The first kappa shape index (κ1) is 15.7. The van der Waals surface area contributed by atoms with E-state index in [0.29, 0.717) is 5.56 Å². The minimum absolute atomic E-state index is 0.0312. The van der Waals surface area contributed by atoms with Crippen LogP contribution in [0.4, 0.5) is 4.39 Å². The number of halogens is 1. The molecule has 0 amide bonds. The highest BCUT2D eigenvalue weighted by Gasteiger charge is 2.18. The number of aryl methyl sites for hydroxylation is 3. The molecule has 0 aliphatic rings. The molecule has 0 saturated carbocycles. The number of nitrogens with one attached hydrogen (secondary N) is 1. The quantitative estimate of drug-likeness (QED) is 0.881. The maximum absolute atomic E-state index is 14.4. The Labute approximate surface area is 126 Å². The fraction of sp³-hybridized carbons (Fsp3) is 0.471. The third-order valence-electron chi connectivity index (χ3n) is 3.75. The molecule has 0 radical (unpaired) electrons. The summed E-state index contributed by atoms with van der Waals surface area (Å²) in [6.45, 7) is 9.55. The van der Waals surface area contributed by atoms with E-state index in [2.05, 4.69) is 23.4 Å². The Kier molecular flexibility index (Phi) is 5.12. The van der Waals surface area contributed by atoms with Crippen LogP contribution >= 0.6 is 0 Å². The summed E-state index contributed by atoms with van der Waals surface area (Å²) < 4.78 is 16.4. The minimum Gasteiger partial charge on any atom is -0.310 e. The first-order valence-electron chi connectivity index (χ1n) is 7.58. The third-order valence-corrected chi connectivity index (χ3v) is 3.75. The van der Waals surface area contributed by atoms with E-state index in [1.807, 2.05) is 43.7 Å². The molecule has 114 valence electrons. The molecule has 1 aromatic carbocycles. The fourth-order valence-electron chi connectivity index (χ4n) is 2.72. The predicted molar refractivity (Wildman–Crippen MR) is 83.9 cm³/mol. The summed E-state index contributed by atoms with van der Waals surface area (Å²) in [5, 5.41) is 7.87. The van der Waals surface area contributed by atoms with Crippen molar-refractivity contribution in [2.24, 2.45) is 0 Å². The monoisotopic (exact) mass is 289 g/mol. The summed E-state index contributed by atoms with van der Waals surface area (Å²) in [5.41, 5.74) is 3.57. The van der Waals surface area contributed by atoms with Crippen molar-refractivity contribution in [3.63, 3.8) is 0 Å². The van der Waals surface area contributed by atoms with E-state index in [-0.39, 0.29) is 11.9 Å². The Morgan fingerprint density at radius 2 is 2.05 bits per heavy atom. The summed E-state index contributed by atoms with van der Waals surface area (Å²) in [6.07, 6.45) is 0.739. The summed E-state index contributed by atoms with van der Waals surface area (Å²) in [4.78, 5) is 0. The highest BCUT2D eigenvalue weighted by atomic mass is 19.1. The number of likely N-dealkylation sites (N-methyl/N-ethyl adjacent to an activating group) is 1. The molecule has 1 heterocycles. The second-order valence-corrected chi connectivity index (χ2v) is 5.39. The summed E-state index contributed by atoms with van der Waals surface area (Å²) in [5.74, 6) is -0.109. The van der Waals surface area contributed by atoms with Gasteiger partial charge < -0.3 is 5.32 Å². The van der Waals surface area contributed by atoms with Gasteiger partial charge in [0.2, 0.25) is 0 Å². The molecule has 2 aromatic rings. The second kappa shape index (κ2) is 6.85. The lowest BCUT2D eigenvalue weighted by Gasteiger charge is -2.20. The van der Waals surface area contributed by atoms with Crippen LogP contribution in [-0.2, 0) is 13.0 Å². The normalized spacial score (nSPS) is 12.6. The topological polar surface area (TPSA) is 29.9 Å². The van der Waals surface area contributed by atoms with Crippen LogP contribution in [0.2, 0.25) is 0 Å². The van der Waals surface area contributed by atoms with Gasteiger partial charge in [-0.1, -0.05) is 25.1 Å². The molecule has 0 bridgehead atoms. The van der Waals surface area contributed by atoms with Gasteiger partial charge in [-0.2, -0.15) is 5.10 Å². The van der Waals surface area contributed by atoms with E-state index in [0.717, 1.165) is 36.5 Å². The lowest BCUT2D eigenvalue weighted by atomic mass is 9.99. The summed E-state index contributed by atoms with van der Waals surface area (Å²) >= 11 is 0. The lowest BCUT2D eigenvalue weighted by Crippen LogP contribution is -2.25. The van der Waals surface area contributed by atoms with E-state index in [4.69, 9.17) is 0 Å². The molecule has 1 N–H and O–H groups in total. The van der Waals surface area contributed by atoms with Gasteiger partial charge in [0.25, 0.3) is 0 Å². The van der Waals surface area contributed by atoms with E-state index in [1.165, 1.54) is 0 Å². The first-order valence-corrected chi connectivity index (χ1v) is 7.58. The maximum Gasteiger partial charge on any atom is 0.130 e. The first-order chi connectivity index (χ1) is 10.1. The standard InChI is InChI=1S/C17H24FN3/c1-5-19-16(15-9-7-8-12(3)17(15)18)11-14-10-13(4)20-21(14)6-2/h7-10,16,19H,5-6,11H2,1-4H3. The number of benzene rings is 1. The Hall–Kier alpha value is -1.68. The van der Waals surface area contributed by atoms with Gasteiger partial charge in [-0.15, -0.1) is 0 Å². The Morgan fingerprint density at radius 3 is 2.71 bits per heavy atom. The molecule has 1 atom stereocenters. The maximum atomic E-state index is 14.4. The third kappa shape index (κ3) is 3.50. The van der Waals surface area contributed by atoms with Crippen molar-refractivity contribution >= 4 is 0 Å². The average Bonchev–Trinajstić information content (AvgIpc) is 2.81. The van der Waals surface area contributed by atoms with Crippen LogP contribution in [-0.4, -0.2) is 16.3 Å². The average molecular weight is 289 g/mol. The smallest absolute Gasteiger partial charge is 0.130 e. The largest absolute Gasteiger partial charge is 0.310 e. The number of rotatable bonds is 6. The van der Waals surface area contributed by atoms with E-state index < -0.39 is 0 Å². The van der Waals surface area contributed by atoms with Crippen LogP contribution in [0.3, 0.4) is 0 Å². The van der Waals surface area contributed by atoms with Crippen molar-refractivity contribution in [3.05, 3.63) is 52.6 Å². The van der Waals surface area contributed by atoms with Gasteiger partial charge in [-0.3, -0.25) is 4.68 Å². The number of nitrogens with zero attached hydrogens (tertiary/aromatic N) is 2. The fourth-order valence-corrected chi connectivity index (χ4v) is 2.72. The van der Waals surface area contributed by atoms with Crippen LogP contribution in [0.15, 0.2) is 24.3 Å². The minimum atomic E-state index is -0.109. The van der Waals surface area contributed by atoms with Crippen LogP contribution in [0.5, 0.6) is 0 Å². The number of hydrogen-bond donors (Lipinski definition) is 1. The van der Waals surface area contributed by atoms with Crippen LogP contribution in [0.25, 0.3) is 0 Å². The van der Waals surface area contributed by atoms with Gasteiger partial charge in [0.1, 0.15) is 5.82 Å². The van der Waals surface area contributed by atoms with Crippen molar-refractivity contribution in [1.82, 2.24) is 15.1 Å². The Balaban J connectivity index is 2.33. The van der Waals surface area contributed by atoms with Crippen molar-refractivity contribution < 1.29 is 4.39 Å². The molecule has 3 nitrogen and oxygen atoms in total. The van der Waals surface area contributed by atoms with Crippen molar-refractivity contribution in [1.29, 1.82) is 0 Å². The van der Waals surface area contributed by atoms with Crippen LogP contribution in [0.1, 0.15) is 42.4 Å². The van der Waals surface area contributed by atoms with Crippen molar-refractivity contribution in [3.8, 4) is 0 Å². The van der Waals surface area contributed by atoms with Gasteiger partial charge >= 0.3 is 0 Å². The van der Waals surface area contributed by atoms with Crippen molar-refractivity contribution in [2.45, 2.75) is 46.7 Å². The summed E-state index contributed by atoms with van der Waals surface area (Å²) in [7, 11) is 0.